The number of fused-ring (bicyclic) bond motifs is 1. The number of likely N-dealkylation sites (N-methyl/N-ethyl adjacent to an activating group) is 2. The summed E-state index contributed by atoms with van der Waals surface area (Å²) in [6.07, 6.45) is 1.62. The van der Waals surface area contributed by atoms with Crippen LogP contribution in [0.3, 0.4) is 0 Å². The van der Waals surface area contributed by atoms with Crippen molar-refractivity contribution in [2.24, 2.45) is 0 Å². The van der Waals surface area contributed by atoms with E-state index >= 15 is 0 Å². The van der Waals surface area contributed by atoms with Crippen molar-refractivity contribution in [2.45, 2.75) is 6.92 Å². The molecule has 2 aromatic heterocycles. The minimum atomic E-state index is -0.0920. The molecule has 4 N–H and O–H groups in total. The number of nitrogens with two attached hydrogens (primary N) is 1. The van der Waals surface area contributed by atoms with E-state index in [2.05, 4.69) is 25.5 Å². The molecular weight excluding hydrogens is 234 g/mol. The summed E-state index contributed by atoms with van der Waals surface area (Å²) in [5.74, 6) is 0.667. The Hall–Kier alpha value is -2.38. The maximum atomic E-state index is 11.5. The number of nitrogens with zero attached hydrogens (tertiary/aromatic N) is 4. The van der Waals surface area contributed by atoms with Crippen molar-refractivity contribution in [3.63, 3.8) is 0 Å². The SMILES string of the molecule is CCN(CC(=O)NC)c1nc(N)nc2[nH]ncc12. The minimum absolute atomic E-state index is 0.0920. The van der Waals surface area contributed by atoms with Crippen LogP contribution in [0, 0.1) is 0 Å². The van der Waals surface area contributed by atoms with Crippen LogP contribution in [0.4, 0.5) is 11.8 Å². The number of carbonyl (C=O) groups is 1. The van der Waals surface area contributed by atoms with Gasteiger partial charge in [0.2, 0.25) is 11.9 Å². The Morgan fingerprint density at radius 2 is 2.33 bits per heavy atom. The van der Waals surface area contributed by atoms with Crippen molar-refractivity contribution in [1.82, 2.24) is 25.5 Å². The summed E-state index contributed by atoms with van der Waals surface area (Å²) in [7, 11) is 1.60. The molecule has 8 nitrogen and oxygen atoms in total. The smallest absolute Gasteiger partial charge is 0.239 e. The standard InChI is InChI=1S/C10H15N7O/c1-3-17(5-7(18)12-2)9-6-4-13-16-8(6)14-10(11)15-9/h4H,3,5H2,1-2H3,(H,12,18)(H3,11,13,14,15,16). The van der Waals surface area contributed by atoms with Gasteiger partial charge in [-0.3, -0.25) is 9.89 Å². The normalized spacial score (nSPS) is 10.6. The zero-order chi connectivity index (χ0) is 13.1. The van der Waals surface area contributed by atoms with E-state index in [-0.39, 0.29) is 18.4 Å². The monoisotopic (exact) mass is 249 g/mol. The molecule has 0 aromatic carbocycles. The lowest BCUT2D eigenvalue weighted by Crippen LogP contribution is -2.36. The number of H-pyrrole nitrogens is 1. The van der Waals surface area contributed by atoms with Gasteiger partial charge < -0.3 is 16.0 Å². The highest BCUT2D eigenvalue weighted by atomic mass is 16.1. The number of amides is 1. The molecule has 0 aliphatic carbocycles. The van der Waals surface area contributed by atoms with E-state index in [1.54, 1.807) is 13.2 Å². The molecule has 0 spiro atoms. The summed E-state index contributed by atoms with van der Waals surface area (Å²) in [6, 6.07) is 0. The molecule has 0 saturated heterocycles. The van der Waals surface area contributed by atoms with E-state index < -0.39 is 0 Å². The van der Waals surface area contributed by atoms with E-state index in [0.29, 0.717) is 18.0 Å². The van der Waals surface area contributed by atoms with Gasteiger partial charge in [-0.15, -0.1) is 0 Å². The van der Waals surface area contributed by atoms with Crippen molar-refractivity contribution in [3.05, 3.63) is 6.20 Å². The first-order chi connectivity index (χ1) is 8.65. The summed E-state index contributed by atoms with van der Waals surface area (Å²) in [5.41, 5.74) is 6.21. The first-order valence-electron chi connectivity index (χ1n) is 5.57. The van der Waals surface area contributed by atoms with Crippen LogP contribution in [0.1, 0.15) is 6.92 Å². The summed E-state index contributed by atoms with van der Waals surface area (Å²) in [5, 5.41) is 9.97. The zero-order valence-corrected chi connectivity index (χ0v) is 10.3. The predicted molar refractivity (Wildman–Crippen MR) is 68.0 cm³/mol. The van der Waals surface area contributed by atoms with Gasteiger partial charge in [-0.05, 0) is 6.92 Å². The van der Waals surface area contributed by atoms with Crippen LogP contribution in [-0.4, -0.2) is 46.2 Å². The van der Waals surface area contributed by atoms with Gasteiger partial charge >= 0.3 is 0 Å². The maximum Gasteiger partial charge on any atom is 0.239 e. The number of nitrogen functional groups attached to an aromatic ring is 1. The fraction of sp³-hybridized carbons (Fsp3) is 0.400. The number of carbonyl (C=O) groups excluding carboxylic acids is 1. The Bertz CT molecular complexity index is 564. The molecule has 0 bridgehead atoms. The third kappa shape index (κ3) is 2.17. The molecule has 8 heteroatoms. The summed E-state index contributed by atoms with van der Waals surface area (Å²) >= 11 is 0. The minimum Gasteiger partial charge on any atom is -0.368 e. The number of nitrogens with one attached hydrogen (secondary N) is 2. The van der Waals surface area contributed by atoms with Gasteiger partial charge in [0.15, 0.2) is 5.65 Å². The van der Waals surface area contributed by atoms with Crippen molar-refractivity contribution < 1.29 is 4.79 Å². The van der Waals surface area contributed by atoms with Crippen LogP contribution in [0.15, 0.2) is 6.20 Å². The zero-order valence-electron chi connectivity index (χ0n) is 10.3. The number of anilines is 2. The quantitative estimate of drug-likeness (QED) is 0.673. The third-order valence-corrected chi connectivity index (χ3v) is 2.60. The van der Waals surface area contributed by atoms with Crippen LogP contribution in [-0.2, 0) is 4.79 Å². The van der Waals surface area contributed by atoms with Gasteiger partial charge in [-0.25, -0.2) is 0 Å². The molecule has 2 aromatic rings. The molecule has 1 amide bonds. The molecule has 2 rings (SSSR count). The fourth-order valence-corrected chi connectivity index (χ4v) is 1.67. The summed E-state index contributed by atoms with van der Waals surface area (Å²) in [6.45, 7) is 2.78. The van der Waals surface area contributed by atoms with Gasteiger partial charge in [-0.1, -0.05) is 0 Å². The van der Waals surface area contributed by atoms with Crippen molar-refractivity contribution in [3.8, 4) is 0 Å². The van der Waals surface area contributed by atoms with Crippen LogP contribution >= 0.6 is 0 Å². The van der Waals surface area contributed by atoms with E-state index in [9.17, 15) is 4.79 Å². The number of aromatic nitrogens is 4. The van der Waals surface area contributed by atoms with E-state index in [1.807, 2.05) is 11.8 Å². The average molecular weight is 249 g/mol. The highest BCUT2D eigenvalue weighted by Crippen LogP contribution is 2.22. The first kappa shape index (κ1) is 12.1. The molecule has 18 heavy (non-hydrogen) atoms. The van der Waals surface area contributed by atoms with Crippen molar-refractivity contribution in [1.29, 1.82) is 0 Å². The van der Waals surface area contributed by atoms with Crippen molar-refractivity contribution in [2.75, 3.05) is 30.8 Å². The molecule has 2 heterocycles. The first-order valence-corrected chi connectivity index (χ1v) is 5.57. The number of hydrogen-bond acceptors (Lipinski definition) is 6. The van der Waals surface area contributed by atoms with Gasteiger partial charge in [-0.2, -0.15) is 15.1 Å². The third-order valence-electron chi connectivity index (χ3n) is 2.60. The van der Waals surface area contributed by atoms with E-state index in [0.717, 1.165) is 5.39 Å². The Labute approximate surface area is 104 Å². The highest BCUT2D eigenvalue weighted by molar-refractivity contribution is 5.90. The van der Waals surface area contributed by atoms with Crippen molar-refractivity contribution >= 4 is 28.7 Å². The van der Waals surface area contributed by atoms with E-state index in [4.69, 9.17) is 5.73 Å². The molecule has 0 atom stereocenters. The predicted octanol–water partition coefficient (Wildman–Crippen LogP) is -0.493. The summed E-state index contributed by atoms with van der Waals surface area (Å²) < 4.78 is 0. The Balaban J connectivity index is 2.43. The fourth-order valence-electron chi connectivity index (χ4n) is 1.67. The molecule has 0 fully saturated rings. The van der Waals surface area contributed by atoms with Crippen LogP contribution < -0.4 is 16.0 Å². The second-order valence-electron chi connectivity index (χ2n) is 3.73. The topological polar surface area (TPSA) is 113 Å². The Morgan fingerprint density at radius 3 is 3.00 bits per heavy atom. The van der Waals surface area contributed by atoms with Gasteiger partial charge in [0.1, 0.15) is 5.82 Å². The van der Waals surface area contributed by atoms with E-state index in [1.165, 1.54) is 0 Å². The number of aromatic amines is 1. The molecule has 0 saturated carbocycles. The highest BCUT2D eigenvalue weighted by Gasteiger charge is 2.16. The van der Waals surface area contributed by atoms with Crippen LogP contribution in [0.25, 0.3) is 11.0 Å². The second-order valence-corrected chi connectivity index (χ2v) is 3.73. The molecular formula is C10H15N7O. The average Bonchev–Trinajstić information content (AvgIpc) is 2.82. The summed E-state index contributed by atoms with van der Waals surface area (Å²) in [4.78, 5) is 21.5. The molecule has 0 radical (unpaired) electrons. The maximum absolute atomic E-state index is 11.5. The van der Waals surface area contributed by atoms with Gasteiger partial charge in [0.05, 0.1) is 18.1 Å². The lowest BCUT2D eigenvalue weighted by molar-refractivity contribution is -0.119. The van der Waals surface area contributed by atoms with Crippen LogP contribution in [0.2, 0.25) is 0 Å². The molecule has 0 aliphatic rings. The molecule has 96 valence electrons. The largest absolute Gasteiger partial charge is 0.368 e. The number of rotatable bonds is 4. The number of hydrogen-bond donors (Lipinski definition) is 3. The Kier molecular flexibility index (Phi) is 3.26. The molecule has 0 aliphatic heterocycles. The van der Waals surface area contributed by atoms with Gasteiger partial charge in [0, 0.05) is 13.6 Å². The molecule has 0 unspecified atom stereocenters. The Morgan fingerprint density at radius 1 is 1.56 bits per heavy atom. The lowest BCUT2D eigenvalue weighted by atomic mass is 10.3. The lowest BCUT2D eigenvalue weighted by Gasteiger charge is -2.21. The van der Waals surface area contributed by atoms with Gasteiger partial charge in [0.25, 0.3) is 0 Å². The second kappa shape index (κ2) is 4.86. The van der Waals surface area contributed by atoms with Crippen LogP contribution in [0.5, 0.6) is 0 Å².